The van der Waals surface area contributed by atoms with Crippen LogP contribution in [0.15, 0.2) is 6.20 Å². The average Bonchev–Trinajstić information content (AvgIpc) is 2.78. The highest BCUT2D eigenvalue weighted by Gasteiger charge is 2.30. The van der Waals surface area contributed by atoms with Crippen LogP contribution in [0, 0.1) is 5.92 Å². The first-order valence-electron chi connectivity index (χ1n) is 6.71. The first-order valence-corrected chi connectivity index (χ1v) is 6.71. The van der Waals surface area contributed by atoms with E-state index < -0.39 is 6.10 Å². The molecule has 5 heteroatoms. The fourth-order valence-electron chi connectivity index (χ4n) is 2.01. The van der Waals surface area contributed by atoms with Crippen LogP contribution < -0.4 is 4.74 Å². The number of ether oxygens (including phenoxy) is 2. The molecule has 5 nitrogen and oxygen atoms in total. The van der Waals surface area contributed by atoms with E-state index in [-0.39, 0.29) is 17.7 Å². The standard InChI is InChI=1S/C14H24N2O3/c1-7-19-14(9(2)3)13(17)12-11(18-6)8-15-16(12)10(4)5/h8-10,14H,7H2,1-6H3. The van der Waals surface area contributed by atoms with Crippen LogP contribution >= 0.6 is 0 Å². The molecule has 1 aromatic heterocycles. The zero-order valence-electron chi connectivity index (χ0n) is 12.6. The summed E-state index contributed by atoms with van der Waals surface area (Å²) in [7, 11) is 1.55. The van der Waals surface area contributed by atoms with Gasteiger partial charge in [-0.3, -0.25) is 9.48 Å². The van der Waals surface area contributed by atoms with Crippen LogP contribution in [0.5, 0.6) is 5.75 Å². The van der Waals surface area contributed by atoms with Crippen molar-refractivity contribution in [3.63, 3.8) is 0 Å². The van der Waals surface area contributed by atoms with E-state index in [1.807, 2.05) is 34.6 Å². The normalized spacial score (nSPS) is 13.1. The molecule has 0 saturated heterocycles. The van der Waals surface area contributed by atoms with E-state index in [9.17, 15) is 4.79 Å². The van der Waals surface area contributed by atoms with Gasteiger partial charge in [0, 0.05) is 12.6 Å². The predicted octanol–water partition coefficient (Wildman–Crippen LogP) is 2.72. The van der Waals surface area contributed by atoms with Gasteiger partial charge in [-0.05, 0) is 26.7 Å². The molecule has 1 rings (SSSR count). The molecule has 0 aromatic carbocycles. The molecule has 1 atom stereocenters. The maximum absolute atomic E-state index is 12.7. The number of carbonyl (C=O) groups is 1. The summed E-state index contributed by atoms with van der Waals surface area (Å²) in [5.74, 6) is 0.539. The zero-order valence-corrected chi connectivity index (χ0v) is 12.6. The Hall–Kier alpha value is -1.36. The molecular weight excluding hydrogens is 244 g/mol. The topological polar surface area (TPSA) is 53.4 Å². The molecule has 0 spiro atoms. The zero-order chi connectivity index (χ0) is 14.6. The van der Waals surface area contributed by atoms with E-state index in [1.165, 1.54) is 0 Å². The van der Waals surface area contributed by atoms with Crippen LogP contribution in [0.2, 0.25) is 0 Å². The lowest BCUT2D eigenvalue weighted by Crippen LogP contribution is -2.32. The first kappa shape index (κ1) is 15.7. The highest BCUT2D eigenvalue weighted by molar-refractivity contribution is 6.00. The Bertz CT molecular complexity index is 424. The summed E-state index contributed by atoms with van der Waals surface area (Å²) >= 11 is 0. The quantitative estimate of drug-likeness (QED) is 0.713. The molecule has 1 heterocycles. The van der Waals surface area contributed by atoms with E-state index in [0.717, 1.165) is 0 Å². The minimum Gasteiger partial charge on any atom is -0.493 e. The molecule has 0 bridgehead atoms. The van der Waals surface area contributed by atoms with Crippen LogP contribution in [0.4, 0.5) is 0 Å². The second-order valence-electron chi connectivity index (χ2n) is 5.08. The molecule has 1 unspecified atom stereocenters. The van der Waals surface area contributed by atoms with Crippen molar-refractivity contribution in [2.45, 2.75) is 46.8 Å². The fraction of sp³-hybridized carbons (Fsp3) is 0.714. The minimum atomic E-state index is -0.465. The second kappa shape index (κ2) is 6.70. The smallest absolute Gasteiger partial charge is 0.213 e. The van der Waals surface area contributed by atoms with E-state index in [1.54, 1.807) is 18.0 Å². The molecular formula is C14H24N2O3. The monoisotopic (exact) mass is 268 g/mol. The molecule has 0 amide bonds. The predicted molar refractivity (Wildman–Crippen MR) is 73.7 cm³/mol. The maximum atomic E-state index is 12.7. The SMILES string of the molecule is CCOC(C(=O)c1c(OC)cnn1C(C)C)C(C)C. The van der Waals surface area contributed by atoms with Gasteiger partial charge in [-0.1, -0.05) is 13.8 Å². The highest BCUT2D eigenvalue weighted by Crippen LogP contribution is 2.25. The Labute approximate surface area is 114 Å². The largest absolute Gasteiger partial charge is 0.493 e. The Morgan fingerprint density at radius 2 is 2.00 bits per heavy atom. The van der Waals surface area contributed by atoms with Gasteiger partial charge in [-0.15, -0.1) is 0 Å². The van der Waals surface area contributed by atoms with Crippen LogP contribution in [-0.4, -0.2) is 35.4 Å². The van der Waals surface area contributed by atoms with Gasteiger partial charge in [0.1, 0.15) is 11.8 Å². The van der Waals surface area contributed by atoms with Gasteiger partial charge in [0.15, 0.2) is 5.75 Å². The van der Waals surface area contributed by atoms with Crippen LogP contribution in [-0.2, 0) is 4.74 Å². The number of hydrogen-bond donors (Lipinski definition) is 0. The highest BCUT2D eigenvalue weighted by atomic mass is 16.5. The lowest BCUT2D eigenvalue weighted by Gasteiger charge is -2.21. The van der Waals surface area contributed by atoms with Gasteiger partial charge in [0.25, 0.3) is 0 Å². The molecule has 0 fully saturated rings. The average molecular weight is 268 g/mol. The molecule has 0 aliphatic rings. The van der Waals surface area contributed by atoms with Crippen LogP contribution in [0.25, 0.3) is 0 Å². The summed E-state index contributed by atoms with van der Waals surface area (Å²) in [5.41, 5.74) is 0.490. The second-order valence-corrected chi connectivity index (χ2v) is 5.08. The summed E-state index contributed by atoms with van der Waals surface area (Å²) in [4.78, 5) is 12.7. The number of carbonyl (C=O) groups excluding carboxylic acids is 1. The Morgan fingerprint density at radius 3 is 2.42 bits per heavy atom. The van der Waals surface area contributed by atoms with Crippen molar-refractivity contribution in [2.24, 2.45) is 5.92 Å². The fourth-order valence-corrected chi connectivity index (χ4v) is 2.01. The summed E-state index contributed by atoms with van der Waals surface area (Å²) in [6.07, 6.45) is 1.12. The first-order chi connectivity index (χ1) is 8.93. The van der Waals surface area contributed by atoms with E-state index >= 15 is 0 Å². The van der Waals surface area contributed by atoms with Crippen LogP contribution in [0.3, 0.4) is 0 Å². The van der Waals surface area contributed by atoms with Crippen molar-refractivity contribution in [3.05, 3.63) is 11.9 Å². The summed E-state index contributed by atoms with van der Waals surface area (Å²) in [6, 6.07) is 0.0947. The summed E-state index contributed by atoms with van der Waals surface area (Å²) < 4.78 is 12.5. The van der Waals surface area contributed by atoms with Crippen molar-refractivity contribution in [2.75, 3.05) is 13.7 Å². The maximum Gasteiger partial charge on any atom is 0.213 e. The van der Waals surface area contributed by atoms with Gasteiger partial charge in [-0.25, -0.2) is 0 Å². The number of Topliss-reactive ketones (excluding diaryl/α,β-unsaturated/α-hetero) is 1. The molecule has 108 valence electrons. The van der Waals surface area contributed by atoms with Crippen molar-refractivity contribution in [1.82, 2.24) is 9.78 Å². The molecule has 0 aliphatic carbocycles. The summed E-state index contributed by atoms with van der Waals surface area (Å²) in [5, 5.41) is 4.22. The number of ketones is 1. The molecule has 1 aromatic rings. The number of methoxy groups -OCH3 is 1. The molecule has 0 radical (unpaired) electrons. The number of hydrogen-bond acceptors (Lipinski definition) is 4. The molecule has 0 aliphatic heterocycles. The van der Waals surface area contributed by atoms with Crippen molar-refractivity contribution < 1.29 is 14.3 Å². The van der Waals surface area contributed by atoms with E-state index in [0.29, 0.717) is 18.1 Å². The number of aromatic nitrogens is 2. The molecule has 19 heavy (non-hydrogen) atoms. The van der Waals surface area contributed by atoms with E-state index in [4.69, 9.17) is 9.47 Å². The van der Waals surface area contributed by atoms with Gasteiger partial charge in [0.05, 0.1) is 13.3 Å². The van der Waals surface area contributed by atoms with Gasteiger partial charge < -0.3 is 9.47 Å². The van der Waals surface area contributed by atoms with Crippen LogP contribution in [0.1, 0.15) is 51.1 Å². The Morgan fingerprint density at radius 1 is 1.37 bits per heavy atom. The Kier molecular flexibility index (Phi) is 5.54. The lowest BCUT2D eigenvalue weighted by molar-refractivity contribution is 0.0267. The third kappa shape index (κ3) is 3.35. The van der Waals surface area contributed by atoms with Gasteiger partial charge in [0.2, 0.25) is 5.78 Å². The third-order valence-corrected chi connectivity index (χ3v) is 2.91. The third-order valence-electron chi connectivity index (χ3n) is 2.91. The number of rotatable bonds is 7. The molecule has 0 saturated carbocycles. The van der Waals surface area contributed by atoms with Crippen molar-refractivity contribution in [3.8, 4) is 5.75 Å². The minimum absolute atomic E-state index is 0.0695. The van der Waals surface area contributed by atoms with Gasteiger partial charge >= 0.3 is 0 Å². The van der Waals surface area contributed by atoms with Crippen molar-refractivity contribution >= 4 is 5.78 Å². The number of nitrogens with zero attached hydrogens (tertiary/aromatic N) is 2. The van der Waals surface area contributed by atoms with Crippen molar-refractivity contribution in [1.29, 1.82) is 0 Å². The summed E-state index contributed by atoms with van der Waals surface area (Å²) in [6.45, 7) is 10.3. The van der Waals surface area contributed by atoms with Gasteiger partial charge in [-0.2, -0.15) is 5.10 Å². The lowest BCUT2D eigenvalue weighted by atomic mass is 10.00. The Balaban J connectivity index is 3.18. The molecule has 0 N–H and O–H groups in total. The van der Waals surface area contributed by atoms with E-state index in [2.05, 4.69) is 5.10 Å².